The fraction of sp³-hybridized carbons (Fsp3) is 0.267. The van der Waals surface area contributed by atoms with E-state index < -0.39 is 5.91 Å². The molecule has 0 saturated heterocycles. The highest BCUT2D eigenvalue weighted by molar-refractivity contribution is 8.16. The number of hydrogen-bond donors (Lipinski definition) is 5. The van der Waals surface area contributed by atoms with Crippen LogP contribution in [-0.2, 0) is 14.4 Å². The molecule has 0 bridgehead atoms. The third kappa shape index (κ3) is 7.85. The summed E-state index contributed by atoms with van der Waals surface area (Å²) in [6.07, 6.45) is 6.63. The normalized spacial score (nSPS) is 15.0. The molecule has 2 heterocycles. The Kier molecular flexibility index (Phi) is 10.3. The van der Waals surface area contributed by atoms with E-state index in [0.717, 1.165) is 17.9 Å². The van der Waals surface area contributed by atoms with Crippen molar-refractivity contribution in [3.8, 4) is 16.9 Å². The Labute approximate surface area is 254 Å². The molecule has 1 aromatic heterocycles. The van der Waals surface area contributed by atoms with E-state index in [4.69, 9.17) is 16.2 Å². The molecular formula is C30H34N8O4S. The van der Waals surface area contributed by atoms with Gasteiger partial charge in [-0.15, -0.1) is 0 Å². The van der Waals surface area contributed by atoms with Crippen LogP contribution in [0, 0.1) is 5.92 Å². The maximum atomic E-state index is 12.4. The largest absolute Gasteiger partial charge is 0.494 e. The third-order valence-corrected chi connectivity index (χ3v) is 7.47. The Morgan fingerprint density at radius 3 is 2.63 bits per heavy atom. The number of benzene rings is 1. The van der Waals surface area contributed by atoms with Crippen molar-refractivity contribution in [2.75, 3.05) is 39.6 Å². The molecule has 1 saturated carbocycles. The smallest absolute Gasteiger partial charge is 0.269 e. The van der Waals surface area contributed by atoms with Gasteiger partial charge in [-0.1, -0.05) is 36.0 Å². The summed E-state index contributed by atoms with van der Waals surface area (Å²) in [5.74, 6) is 1.71. The number of carbonyl (C=O) groups excluding carboxylic acids is 3. The molecule has 2 aromatic rings. The average molecular weight is 603 g/mol. The summed E-state index contributed by atoms with van der Waals surface area (Å²) >= 11 is 1.52. The van der Waals surface area contributed by atoms with Crippen LogP contribution >= 0.6 is 11.8 Å². The lowest BCUT2D eigenvalue weighted by atomic mass is 10.0. The van der Waals surface area contributed by atoms with Crippen molar-refractivity contribution in [3.05, 3.63) is 77.0 Å². The predicted octanol–water partition coefficient (Wildman–Crippen LogP) is 2.18. The Morgan fingerprint density at radius 1 is 1.23 bits per heavy atom. The second kappa shape index (κ2) is 14.3. The number of amides is 2. The summed E-state index contributed by atoms with van der Waals surface area (Å²) in [5, 5.41) is 11.1. The molecule has 12 nitrogen and oxygen atoms in total. The first-order valence-corrected chi connectivity index (χ1v) is 14.4. The van der Waals surface area contributed by atoms with Crippen LogP contribution < -0.4 is 32.2 Å². The molecule has 1 fully saturated rings. The van der Waals surface area contributed by atoms with Crippen molar-refractivity contribution < 1.29 is 19.1 Å². The van der Waals surface area contributed by atoms with Crippen LogP contribution in [0.25, 0.3) is 16.8 Å². The number of anilines is 1. The quantitative estimate of drug-likeness (QED) is 0.137. The van der Waals surface area contributed by atoms with Crippen molar-refractivity contribution in [2.24, 2.45) is 22.4 Å². The molecular weight excluding hydrogens is 568 g/mol. The Morgan fingerprint density at radius 2 is 2.02 bits per heavy atom. The van der Waals surface area contributed by atoms with Gasteiger partial charge in [-0.25, -0.2) is 4.79 Å². The number of aromatic nitrogens is 1. The van der Waals surface area contributed by atoms with Gasteiger partial charge in [0.25, 0.3) is 5.91 Å². The average Bonchev–Trinajstić information content (AvgIpc) is 3.87. The molecule has 13 heteroatoms. The Balaban J connectivity index is 1.60. The second-order valence-electron chi connectivity index (χ2n) is 9.74. The van der Waals surface area contributed by atoms with Gasteiger partial charge in [0.15, 0.2) is 5.94 Å². The van der Waals surface area contributed by atoms with E-state index in [1.54, 1.807) is 36.3 Å². The van der Waals surface area contributed by atoms with Crippen molar-refractivity contribution in [1.29, 1.82) is 0 Å². The van der Waals surface area contributed by atoms with E-state index in [1.165, 1.54) is 32.0 Å². The van der Waals surface area contributed by atoms with Gasteiger partial charge in [-0.3, -0.25) is 19.6 Å². The van der Waals surface area contributed by atoms with Crippen LogP contribution in [0.15, 0.2) is 76.3 Å². The zero-order valence-corrected chi connectivity index (χ0v) is 25.0. The maximum absolute atomic E-state index is 12.4. The van der Waals surface area contributed by atoms with E-state index in [0.29, 0.717) is 47.0 Å². The van der Waals surface area contributed by atoms with E-state index in [1.807, 2.05) is 29.6 Å². The molecule has 0 atom stereocenters. The standard InChI is InChI=1S/C30H34N8O4S/c1-33-30(41)27(32)23(14-25(31)37-29(40)18-8-9-18)36-22-7-4-6-20(28(22)42-3)19-10-11-21(35-15-19)24(17-39)38(2)16-26-34-12-5-13-43-26/h4-7,10-11,13-15,18,36H,8-9,12,16,31-32H2,1-3H3,(H,33,41)(H,37,40)/b25-14+,27-23+. The zero-order chi connectivity index (χ0) is 30.9. The lowest BCUT2D eigenvalue weighted by Crippen LogP contribution is -2.31. The van der Waals surface area contributed by atoms with E-state index in [-0.39, 0.29) is 29.0 Å². The molecule has 1 aliphatic carbocycles. The van der Waals surface area contributed by atoms with Crippen LogP contribution in [0.5, 0.6) is 5.75 Å². The van der Waals surface area contributed by atoms with Gasteiger partial charge in [0.2, 0.25) is 5.91 Å². The van der Waals surface area contributed by atoms with E-state index in [2.05, 4.69) is 25.9 Å². The number of methoxy groups -OCH3 is 1. The fourth-order valence-corrected chi connectivity index (χ4v) is 4.95. The number of thioether (sulfide) groups is 1. The van der Waals surface area contributed by atoms with Gasteiger partial charge < -0.3 is 37.1 Å². The molecule has 43 heavy (non-hydrogen) atoms. The fourth-order valence-electron chi connectivity index (χ4n) is 4.20. The van der Waals surface area contributed by atoms with E-state index in [9.17, 15) is 14.4 Å². The SMILES string of the molecule is CNC(=O)/C(N)=C(/C=C(\N)NC(=O)C1CC1)Nc1cccc(-c2ccc(C(=C=O)N(C)CC3=NCC=CS3)nc2)c1OC. The van der Waals surface area contributed by atoms with Gasteiger partial charge in [0.1, 0.15) is 23.0 Å². The number of likely N-dealkylation sites (N-methyl/N-ethyl adjacent to an activating group) is 1. The highest BCUT2D eigenvalue weighted by atomic mass is 32.2. The number of para-hydroxylation sites is 1. The molecule has 0 spiro atoms. The lowest BCUT2D eigenvalue weighted by Gasteiger charge is -2.21. The Bertz CT molecular complexity index is 1550. The van der Waals surface area contributed by atoms with Crippen LogP contribution in [-0.4, -0.2) is 67.0 Å². The number of ether oxygens (including phenoxy) is 1. The minimum absolute atomic E-state index is 0.0378. The second-order valence-corrected chi connectivity index (χ2v) is 10.7. The molecule has 1 aliphatic heterocycles. The minimum Gasteiger partial charge on any atom is -0.494 e. The first-order chi connectivity index (χ1) is 20.7. The molecule has 7 N–H and O–H groups in total. The third-order valence-electron chi connectivity index (χ3n) is 6.61. The molecule has 4 rings (SSSR count). The number of pyridine rings is 1. The van der Waals surface area contributed by atoms with Crippen LogP contribution in [0.2, 0.25) is 0 Å². The lowest BCUT2D eigenvalue weighted by molar-refractivity contribution is -0.121. The summed E-state index contributed by atoms with van der Waals surface area (Å²) < 4.78 is 5.76. The number of nitrogens with two attached hydrogens (primary N) is 2. The molecule has 2 aliphatic rings. The van der Waals surface area contributed by atoms with Gasteiger partial charge in [-0.05, 0) is 30.4 Å². The summed E-state index contributed by atoms with van der Waals surface area (Å²) in [4.78, 5) is 47.2. The van der Waals surface area contributed by atoms with Gasteiger partial charge in [0.05, 0.1) is 42.3 Å². The number of carbonyl (C=O) groups is 2. The van der Waals surface area contributed by atoms with Crippen molar-refractivity contribution in [2.45, 2.75) is 12.8 Å². The highest BCUT2D eigenvalue weighted by Crippen LogP contribution is 2.37. The summed E-state index contributed by atoms with van der Waals surface area (Å²) in [6, 6.07) is 8.96. The van der Waals surface area contributed by atoms with Gasteiger partial charge in [0, 0.05) is 43.4 Å². The monoisotopic (exact) mass is 602 g/mol. The summed E-state index contributed by atoms with van der Waals surface area (Å²) in [7, 11) is 4.76. The maximum Gasteiger partial charge on any atom is 0.269 e. The molecule has 2 amide bonds. The minimum atomic E-state index is -0.537. The highest BCUT2D eigenvalue weighted by Gasteiger charge is 2.29. The van der Waals surface area contributed by atoms with Crippen LogP contribution in [0.1, 0.15) is 18.5 Å². The molecule has 1 aromatic carbocycles. The number of rotatable bonds is 12. The van der Waals surface area contributed by atoms with Crippen LogP contribution in [0.3, 0.4) is 0 Å². The topological polar surface area (TPSA) is 177 Å². The summed E-state index contributed by atoms with van der Waals surface area (Å²) in [6.45, 7) is 1.08. The van der Waals surface area contributed by atoms with Gasteiger partial charge in [-0.2, -0.15) is 0 Å². The molecule has 224 valence electrons. The number of allylic oxidation sites excluding steroid dienone is 1. The first-order valence-electron chi connectivity index (χ1n) is 13.5. The zero-order valence-electron chi connectivity index (χ0n) is 24.1. The van der Waals surface area contributed by atoms with Crippen LogP contribution in [0.4, 0.5) is 5.69 Å². The van der Waals surface area contributed by atoms with Crippen molar-refractivity contribution >= 4 is 45.9 Å². The summed E-state index contributed by atoms with van der Waals surface area (Å²) in [5.41, 5.74) is 14.9. The Hall–Kier alpha value is -5.00. The number of hydrogen-bond acceptors (Lipinski definition) is 11. The van der Waals surface area contributed by atoms with E-state index >= 15 is 0 Å². The predicted molar refractivity (Wildman–Crippen MR) is 169 cm³/mol. The molecule has 0 radical (unpaired) electrons. The van der Waals surface area contributed by atoms with Gasteiger partial charge >= 0.3 is 0 Å². The number of nitrogens with one attached hydrogen (secondary N) is 3. The molecule has 0 unspecified atom stereocenters. The number of aliphatic imine (C=N–C) groups is 1. The number of nitrogens with zero attached hydrogens (tertiary/aromatic N) is 3. The first kappa shape index (κ1) is 30.9. The van der Waals surface area contributed by atoms with Crippen molar-refractivity contribution in [1.82, 2.24) is 20.5 Å². The van der Waals surface area contributed by atoms with Crippen molar-refractivity contribution in [3.63, 3.8) is 0 Å².